The molecular formula is C26H26ClFN4O4. The van der Waals surface area contributed by atoms with E-state index in [4.69, 9.17) is 20.8 Å². The lowest BCUT2D eigenvalue weighted by Gasteiger charge is -2.31. The predicted octanol–water partition coefficient (Wildman–Crippen LogP) is 4.66. The van der Waals surface area contributed by atoms with E-state index in [0.717, 1.165) is 24.1 Å². The molecule has 2 aliphatic heterocycles. The van der Waals surface area contributed by atoms with Crippen LogP contribution in [0.1, 0.15) is 25.2 Å². The lowest BCUT2D eigenvalue weighted by Crippen LogP contribution is -2.43. The zero-order chi connectivity index (χ0) is 25.4. The Hall–Kier alpha value is -3.59. The van der Waals surface area contributed by atoms with Gasteiger partial charge in [0.25, 0.3) is 0 Å². The van der Waals surface area contributed by atoms with E-state index in [2.05, 4.69) is 15.2 Å². The molecule has 0 radical (unpaired) electrons. The number of aromatic nitrogens is 1. The van der Waals surface area contributed by atoms with Crippen LogP contribution < -0.4 is 15.0 Å². The number of anilines is 2. The number of ether oxygens (including phenoxy) is 1. The number of nitrogens with zero attached hydrogens (tertiary/aromatic N) is 3. The summed E-state index contributed by atoms with van der Waals surface area (Å²) >= 11 is 5.80. The first kappa shape index (κ1) is 24.1. The Morgan fingerprint density at radius 2 is 2.06 bits per heavy atom. The molecule has 2 amide bonds. The van der Waals surface area contributed by atoms with Gasteiger partial charge in [0.1, 0.15) is 11.6 Å². The summed E-state index contributed by atoms with van der Waals surface area (Å²) in [4.78, 5) is 33.7. The van der Waals surface area contributed by atoms with E-state index in [1.165, 1.54) is 18.2 Å². The summed E-state index contributed by atoms with van der Waals surface area (Å²) < 4.78 is 24.7. The average molecular weight is 513 g/mol. The van der Waals surface area contributed by atoms with Crippen molar-refractivity contribution in [2.75, 3.05) is 30.4 Å². The molecule has 2 bridgehead atoms. The number of fused-ring (bicyclic) bond motifs is 2. The molecule has 3 heterocycles. The number of hydrogen-bond acceptors (Lipinski definition) is 6. The van der Waals surface area contributed by atoms with E-state index in [-0.39, 0.29) is 35.5 Å². The number of methoxy groups -OCH3 is 1. The molecule has 0 spiro atoms. The normalized spacial score (nSPS) is 19.4. The molecule has 8 nitrogen and oxygen atoms in total. The van der Waals surface area contributed by atoms with Gasteiger partial charge in [0.2, 0.25) is 11.8 Å². The third kappa shape index (κ3) is 4.75. The van der Waals surface area contributed by atoms with Crippen LogP contribution in [0.25, 0.3) is 11.3 Å². The molecule has 1 N–H and O–H groups in total. The average Bonchev–Trinajstić information content (AvgIpc) is 3.42. The van der Waals surface area contributed by atoms with E-state index < -0.39 is 5.82 Å². The summed E-state index contributed by atoms with van der Waals surface area (Å²) in [6.07, 6.45) is 3.80. The summed E-state index contributed by atoms with van der Waals surface area (Å²) in [6, 6.07) is 9.99. The van der Waals surface area contributed by atoms with Gasteiger partial charge in [0.15, 0.2) is 11.7 Å². The number of carbonyl (C=O) groups is 2. The first-order valence-electron chi connectivity index (χ1n) is 11.7. The Bertz CT molecular complexity index is 1310. The fourth-order valence-corrected chi connectivity index (χ4v) is 5.26. The molecule has 0 saturated carbocycles. The van der Waals surface area contributed by atoms with Gasteiger partial charge in [-0.15, -0.1) is 0 Å². The molecule has 5 rings (SSSR count). The predicted molar refractivity (Wildman–Crippen MR) is 134 cm³/mol. The van der Waals surface area contributed by atoms with Crippen molar-refractivity contribution in [2.24, 2.45) is 0 Å². The Morgan fingerprint density at radius 3 is 2.78 bits per heavy atom. The molecule has 2 aromatic carbocycles. The number of hydrogen-bond donors (Lipinski definition) is 1. The van der Waals surface area contributed by atoms with E-state index in [0.29, 0.717) is 36.1 Å². The zero-order valence-corrected chi connectivity index (χ0v) is 20.7. The third-order valence-electron chi connectivity index (χ3n) is 6.72. The number of carbonyl (C=O) groups excluding carboxylic acids is 2. The Morgan fingerprint density at radius 1 is 1.25 bits per heavy atom. The lowest BCUT2D eigenvalue weighted by molar-refractivity contribution is -0.134. The van der Waals surface area contributed by atoms with Crippen molar-refractivity contribution in [3.05, 3.63) is 59.3 Å². The molecule has 2 saturated heterocycles. The Balaban J connectivity index is 1.32. The van der Waals surface area contributed by atoms with Gasteiger partial charge < -0.3 is 24.3 Å². The Kier molecular flexibility index (Phi) is 6.57. The zero-order valence-electron chi connectivity index (χ0n) is 20.0. The second-order valence-electron chi connectivity index (χ2n) is 9.08. The van der Waals surface area contributed by atoms with Crippen LogP contribution in [-0.4, -0.2) is 54.0 Å². The standard InChI is InChI=1S/C26H26ClFN4O4/c1-15-29-12-24(36-15)20-7-6-17(10-23(20)35-2)32-18-4-5-19(32)13-31(26(34)11-18)14-25(33)30-16-3-8-22(28)21(27)9-16/h3,6-10,12,18-19H,4-5,11,13-14H2,1-2H3,(H,30,33). The van der Waals surface area contributed by atoms with Gasteiger partial charge in [0.05, 0.1) is 30.4 Å². The van der Waals surface area contributed by atoms with Crippen molar-refractivity contribution in [2.45, 2.75) is 38.3 Å². The molecule has 0 aliphatic carbocycles. The van der Waals surface area contributed by atoms with Crippen molar-refractivity contribution < 1.29 is 23.1 Å². The Labute approximate surface area is 213 Å². The molecule has 2 unspecified atom stereocenters. The number of likely N-dealkylation sites (tertiary alicyclic amines) is 1. The van der Waals surface area contributed by atoms with Crippen LogP contribution in [0.3, 0.4) is 0 Å². The van der Waals surface area contributed by atoms with Crippen LogP contribution >= 0.6 is 11.6 Å². The SMILES string of the molecule is COc1cc(N2C3CCC2CN(CC(=O)Nc2ccc(F)c(Cl)c2)C(=O)C3)ccc1-c1cnc(C)o1. The van der Waals surface area contributed by atoms with Gasteiger partial charge in [0, 0.05) is 49.4 Å². The highest BCUT2D eigenvalue weighted by molar-refractivity contribution is 6.31. The van der Waals surface area contributed by atoms with Gasteiger partial charge >= 0.3 is 0 Å². The lowest BCUT2D eigenvalue weighted by atomic mass is 10.1. The highest BCUT2D eigenvalue weighted by Crippen LogP contribution is 2.40. The van der Waals surface area contributed by atoms with Crippen molar-refractivity contribution >= 4 is 34.8 Å². The van der Waals surface area contributed by atoms with E-state index in [9.17, 15) is 14.0 Å². The van der Waals surface area contributed by atoms with Crippen molar-refractivity contribution in [3.8, 4) is 17.1 Å². The first-order chi connectivity index (χ1) is 17.3. The molecule has 2 atom stereocenters. The second kappa shape index (κ2) is 9.81. The number of halogens is 2. The first-order valence-corrected chi connectivity index (χ1v) is 12.1. The highest BCUT2D eigenvalue weighted by atomic mass is 35.5. The molecular weight excluding hydrogens is 487 g/mol. The van der Waals surface area contributed by atoms with Crippen molar-refractivity contribution in [1.82, 2.24) is 9.88 Å². The van der Waals surface area contributed by atoms with E-state index >= 15 is 0 Å². The minimum Gasteiger partial charge on any atom is -0.496 e. The second-order valence-corrected chi connectivity index (χ2v) is 9.48. The fraction of sp³-hybridized carbons (Fsp3) is 0.346. The summed E-state index contributed by atoms with van der Waals surface area (Å²) in [6.45, 7) is 2.13. The van der Waals surface area contributed by atoms with E-state index in [1.807, 2.05) is 18.2 Å². The van der Waals surface area contributed by atoms with Gasteiger partial charge in [-0.2, -0.15) is 0 Å². The summed E-state index contributed by atoms with van der Waals surface area (Å²) in [7, 11) is 1.61. The van der Waals surface area contributed by atoms with Gasteiger partial charge in [-0.05, 0) is 43.2 Å². The number of aryl methyl sites for hydroxylation is 1. The topological polar surface area (TPSA) is 87.9 Å². The smallest absolute Gasteiger partial charge is 0.243 e. The maximum Gasteiger partial charge on any atom is 0.243 e. The summed E-state index contributed by atoms with van der Waals surface area (Å²) in [5, 5.41) is 2.62. The molecule has 3 aromatic rings. The molecule has 2 aliphatic rings. The molecule has 2 fully saturated rings. The summed E-state index contributed by atoms with van der Waals surface area (Å²) in [5.74, 6) is 0.877. The van der Waals surface area contributed by atoms with Gasteiger partial charge in [-0.1, -0.05) is 11.6 Å². The molecule has 36 heavy (non-hydrogen) atoms. The molecule has 1 aromatic heterocycles. The van der Waals surface area contributed by atoms with Gasteiger partial charge in [-0.25, -0.2) is 9.37 Å². The van der Waals surface area contributed by atoms with Crippen LogP contribution in [-0.2, 0) is 9.59 Å². The highest BCUT2D eigenvalue weighted by Gasteiger charge is 2.41. The molecule has 10 heteroatoms. The number of oxazole rings is 1. The van der Waals surface area contributed by atoms with Crippen LogP contribution in [0.15, 0.2) is 47.0 Å². The third-order valence-corrected chi connectivity index (χ3v) is 7.01. The van der Waals surface area contributed by atoms with Crippen LogP contribution in [0, 0.1) is 12.7 Å². The number of rotatable bonds is 6. The largest absolute Gasteiger partial charge is 0.496 e. The van der Waals surface area contributed by atoms with Crippen molar-refractivity contribution in [3.63, 3.8) is 0 Å². The maximum atomic E-state index is 13.4. The van der Waals surface area contributed by atoms with Crippen molar-refractivity contribution in [1.29, 1.82) is 0 Å². The van der Waals surface area contributed by atoms with Crippen LogP contribution in [0.2, 0.25) is 5.02 Å². The monoisotopic (exact) mass is 512 g/mol. The minimum absolute atomic E-state index is 0.0366. The number of nitrogens with one attached hydrogen (secondary N) is 1. The number of amides is 2. The van der Waals surface area contributed by atoms with Crippen LogP contribution in [0.4, 0.5) is 15.8 Å². The quantitative estimate of drug-likeness (QED) is 0.517. The molecule has 188 valence electrons. The fourth-order valence-electron chi connectivity index (χ4n) is 5.08. The summed E-state index contributed by atoms with van der Waals surface area (Å²) in [5.41, 5.74) is 2.14. The number of benzene rings is 2. The minimum atomic E-state index is -0.561. The van der Waals surface area contributed by atoms with E-state index in [1.54, 1.807) is 25.1 Å². The maximum absolute atomic E-state index is 13.4. The van der Waals surface area contributed by atoms with Crippen LogP contribution in [0.5, 0.6) is 5.75 Å². The van der Waals surface area contributed by atoms with Gasteiger partial charge in [-0.3, -0.25) is 9.59 Å².